The molecule has 21 heavy (non-hydrogen) atoms. The van der Waals surface area contributed by atoms with Gasteiger partial charge in [-0.1, -0.05) is 17.7 Å². The van der Waals surface area contributed by atoms with Gasteiger partial charge in [-0.05, 0) is 56.0 Å². The molecular formula is C17H20ClN3. The largest absolute Gasteiger partial charge is 0.326 e. The van der Waals surface area contributed by atoms with Crippen molar-refractivity contribution in [3.63, 3.8) is 0 Å². The third-order valence-electron chi connectivity index (χ3n) is 4.80. The van der Waals surface area contributed by atoms with Gasteiger partial charge in [0, 0.05) is 28.7 Å². The second-order valence-electron chi connectivity index (χ2n) is 6.26. The van der Waals surface area contributed by atoms with Crippen molar-refractivity contribution in [2.45, 2.75) is 43.8 Å². The van der Waals surface area contributed by atoms with E-state index in [1.807, 2.05) is 24.4 Å². The zero-order valence-corrected chi connectivity index (χ0v) is 12.8. The maximum Gasteiger partial charge on any atom is 0.0765 e. The third-order valence-corrected chi connectivity index (χ3v) is 5.13. The Morgan fingerprint density at radius 3 is 2.86 bits per heavy atom. The fourth-order valence-electron chi connectivity index (χ4n) is 3.68. The van der Waals surface area contributed by atoms with Gasteiger partial charge in [0.05, 0.1) is 11.6 Å². The highest BCUT2D eigenvalue weighted by atomic mass is 35.5. The summed E-state index contributed by atoms with van der Waals surface area (Å²) in [6.45, 7) is 1.15. The lowest BCUT2D eigenvalue weighted by atomic mass is 9.89. The first kappa shape index (κ1) is 13.5. The first-order valence-electron chi connectivity index (χ1n) is 7.80. The Kier molecular flexibility index (Phi) is 3.37. The van der Waals surface area contributed by atoms with Crippen LogP contribution in [0.5, 0.6) is 0 Å². The summed E-state index contributed by atoms with van der Waals surface area (Å²) in [4.78, 5) is 7.20. The topological polar surface area (TPSA) is 42.1 Å². The van der Waals surface area contributed by atoms with Crippen molar-refractivity contribution in [1.82, 2.24) is 9.88 Å². The van der Waals surface area contributed by atoms with Crippen molar-refractivity contribution in [3.05, 3.63) is 41.0 Å². The zero-order valence-electron chi connectivity index (χ0n) is 12.0. The third kappa shape index (κ3) is 2.33. The summed E-state index contributed by atoms with van der Waals surface area (Å²) >= 11 is 6.33. The number of hydrogen-bond donors (Lipinski definition) is 1. The molecule has 2 aliphatic rings. The molecule has 2 unspecified atom stereocenters. The summed E-state index contributed by atoms with van der Waals surface area (Å²) < 4.78 is 0. The van der Waals surface area contributed by atoms with Crippen LogP contribution >= 0.6 is 11.6 Å². The summed E-state index contributed by atoms with van der Waals surface area (Å²) in [5.74, 6) is 0. The smallest absolute Gasteiger partial charge is 0.0765 e. The van der Waals surface area contributed by atoms with Gasteiger partial charge in [0.25, 0.3) is 0 Å². The molecule has 0 amide bonds. The number of halogens is 1. The van der Waals surface area contributed by atoms with E-state index in [4.69, 9.17) is 17.3 Å². The molecule has 2 heterocycles. The van der Waals surface area contributed by atoms with Gasteiger partial charge in [-0.25, -0.2) is 0 Å². The summed E-state index contributed by atoms with van der Waals surface area (Å²) in [5, 5.41) is 1.80. The molecule has 2 fully saturated rings. The Labute approximate surface area is 130 Å². The summed E-state index contributed by atoms with van der Waals surface area (Å²) in [5.41, 5.74) is 8.75. The van der Waals surface area contributed by atoms with Crippen molar-refractivity contribution in [2.24, 2.45) is 5.73 Å². The van der Waals surface area contributed by atoms with Crippen LogP contribution in [0, 0.1) is 0 Å². The van der Waals surface area contributed by atoms with E-state index < -0.39 is 0 Å². The molecule has 2 aromatic rings. The Hall–Kier alpha value is -1.16. The van der Waals surface area contributed by atoms with Crippen LogP contribution in [0.1, 0.15) is 37.3 Å². The quantitative estimate of drug-likeness (QED) is 0.923. The fourth-order valence-corrected chi connectivity index (χ4v) is 3.89. The highest BCUT2D eigenvalue weighted by Gasteiger charge is 2.40. The first-order chi connectivity index (χ1) is 10.3. The summed E-state index contributed by atoms with van der Waals surface area (Å²) in [6.07, 6.45) is 6.75. The van der Waals surface area contributed by atoms with E-state index in [2.05, 4.69) is 16.0 Å². The monoisotopic (exact) mass is 301 g/mol. The van der Waals surface area contributed by atoms with E-state index in [1.54, 1.807) is 0 Å². The van der Waals surface area contributed by atoms with E-state index in [-0.39, 0.29) is 12.1 Å². The van der Waals surface area contributed by atoms with Crippen LogP contribution in [-0.2, 0) is 0 Å². The number of benzene rings is 1. The van der Waals surface area contributed by atoms with Gasteiger partial charge in [-0.2, -0.15) is 0 Å². The molecule has 1 aliphatic carbocycles. The molecule has 0 radical (unpaired) electrons. The van der Waals surface area contributed by atoms with Crippen LogP contribution in [0.15, 0.2) is 30.5 Å². The van der Waals surface area contributed by atoms with Gasteiger partial charge in [0.2, 0.25) is 0 Å². The molecule has 1 aliphatic heterocycles. The maximum atomic E-state index is 6.49. The minimum atomic E-state index is 0.186. The van der Waals surface area contributed by atoms with Gasteiger partial charge < -0.3 is 5.73 Å². The number of aromatic nitrogens is 1. The summed E-state index contributed by atoms with van der Waals surface area (Å²) in [7, 11) is 0. The highest BCUT2D eigenvalue weighted by Crippen LogP contribution is 2.41. The van der Waals surface area contributed by atoms with Gasteiger partial charge in [-0.3, -0.25) is 9.88 Å². The molecule has 3 nitrogen and oxygen atoms in total. The van der Waals surface area contributed by atoms with E-state index >= 15 is 0 Å². The molecule has 110 valence electrons. The van der Waals surface area contributed by atoms with Crippen LogP contribution in [0.3, 0.4) is 0 Å². The van der Waals surface area contributed by atoms with E-state index in [9.17, 15) is 0 Å². The predicted molar refractivity (Wildman–Crippen MR) is 86.4 cm³/mol. The van der Waals surface area contributed by atoms with E-state index in [0.717, 1.165) is 34.9 Å². The molecule has 0 spiro atoms. The molecule has 4 rings (SSSR count). The molecule has 1 aromatic carbocycles. The van der Waals surface area contributed by atoms with Crippen molar-refractivity contribution in [3.8, 4) is 0 Å². The summed E-state index contributed by atoms with van der Waals surface area (Å²) in [6, 6.07) is 9.29. The van der Waals surface area contributed by atoms with Crippen molar-refractivity contribution in [2.75, 3.05) is 6.54 Å². The normalized spacial score (nSPS) is 27.1. The number of fused-ring (bicyclic) bond motifs is 1. The lowest BCUT2D eigenvalue weighted by Gasteiger charge is -2.40. The second-order valence-corrected chi connectivity index (χ2v) is 6.66. The SMILES string of the molecule is NC1CCCN(C2CC2)C1c1ccc(Cl)c2cccnc12. The molecule has 1 saturated heterocycles. The van der Waals surface area contributed by atoms with Crippen molar-refractivity contribution >= 4 is 22.5 Å². The minimum Gasteiger partial charge on any atom is -0.326 e. The molecule has 1 aromatic heterocycles. The van der Waals surface area contributed by atoms with Crippen LogP contribution in [0.2, 0.25) is 5.02 Å². The fraction of sp³-hybridized carbons (Fsp3) is 0.471. The zero-order chi connectivity index (χ0) is 14.4. The predicted octanol–water partition coefficient (Wildman–Crippen LogP) is 3.51. The second kappa shape index (κ2) is 5.24. The van der Waals surface area contributed by atoms with Crippen molar-refractivity contribution in [1.29, 1.82) is 0 Å². The Bertz CT molecular complexity index is 668. The molecule has 4 heteroatoms. The number of rotatable bonds is 2. The number of pyridine rings is 1. The Balaban J connectivity index is 1.85. The molecular weight excluding hydrogens is 282 g/mol. The van der Waals surface area contributed by atoms with Gasteiger partial charge in [-0.15, -0.1) is 0 Å². The number of hydrogen-bond acceptors (Lipinski definition) is 3. The highest BCUT2D eigenvalue weighted by molar-refractivity contribution is 6.35. The van der Waals surface area contributed by atoms with Crippen LogP contribution in [0.4, 0.5) is 0 Å². The maximum absolute atomic E-state index is 6.49. The number of likely N-dealkylation sites (tertiary alicyclic amines) is 1. The molecule has 2 atom stereocenters. The molecule has 0 bridgehead atoms. The van der Waals surface area contributed by atoms with E-state index in [1.165, 1.54) is 24.8 Å². The van der Waals surface area contributed by atoms with Crippen LogP contribution < -0.4 is 5.73 Å². The van der Waals surface area contributed by atoms with Gasteiger partial charge in [0.15, 0.2) is 0 Å². The minimum absolute atomic E-state index is 0.186. The molecule has 1 saturated carbocycles. The van der Waals surface area contributed by atoms with Gasteiger partial charge in [0.1, 0.15) is 0 Å². The Morgan fingerprint density at radius 2 is 2.05 bits per heavy atom. The number of piperidine rings is 1. The lowest BCUT2D eigenvalue weighted by Crippen LogP contribution is -2.46. The number of nitrogens with two attached hydrogens (primary N) is 1. The van der Waals surface area contributed by atoms with Gasteiger partial charge >= 0.3 is 0 Å². The van der Waals surface area contributed by atoms with Crippen molar-refractivity contribution < 1.29 is 0 Å². The standard InChI is InChI=1S/C17H20ClN3/c18-14-8-7-13(16-12(14)3-1-9-20-16)17-15(19)4-2-10-21(17)11-5-6-11/h1,3,7-9,11,15,17H,2,4-6,10,19H2. The number of nitrogens with zero attached hydrogens (tertiary/aromatic N) is 2. The molecule has 2 N–H and O–H groups in total. The first-order valence-corrected chi connectivity index (χ1v) is 8.18. The average Bonchev–Trinajstić information content (AvgIpc) is 3.33. The average molecular weight is 302 g/mol. The Morgan fingerprint density at radius 1 is 1.19 bits per heavy atom. The lowest BCUT2D eigenvalue weighted by molar-refractivity contribution is 0.120. The van der Waals surface area contributed by atoms with Crippen LogP contribution in [0.25, 0.3) is 10.9 Å². The van der Waals surface area contributed by atoms with Crippen LogP contribution in [-0.4, -0.2) is 28.5 Å². The van der Waals surface area contributed by atoms with E-state index in [0.29, 0.717) is 0 Å².